The maximum atomic E-state index is 12.8. The van der Waals surface area contributed by atoms with Gasteiger partial charge in [0.25, 0.3) is 0 Å². The monoisotopic (exact) mass is 1720 g/mol. The third-order valence-electron chi connectivity index (χ3n) is 23.9. The second kappa shape index (κ2) is 106. The van der Waals surface area contributed by atoms with Gasteiger partial charge in [0.2, 0.25) is 0 Å². The molecule has 0 saturated heterocycles. The van der Waals surface area contributed by atoms with E-state index in [4.69, 9.17) is 28.4 Å². The molecule has 0 rings (SSSR count). The molecular formula is C110H204O12. The number of ether oxygens (including phenoxy) is 6. The van der Waals surface area contributed by atoms with Crippen LogP contribution in [-0.2, 0) is 57.2 Å². The molecule has 0 aliphatic heterocycles. The highest BCUT2D eigenvalue weighted by Gasteiger charge is 2.22. The van der Waals surface area contributed by atoms with Crippen molar-refractivity contribution >= 4 is 35.8 Å². The molecule has 0 heterocycles. The first kappa shape index (κ1) is 120. The molecule has 0 fully saturated rings. The van der Waals surface area contributed by atoms with Crippen LogP contribution in [0, 0.1) is 0 Å². The molecule has 0 atom stereocenters. The predicted molar refractivity (Wildman–Crippen MR) is 522 cm³/mol. The molecule has 0 spiro atoms. The smallest absolute Gasteiger partial charge is 0.306 e. The zero-order chi connectivity index (χ0) is 88.7. The highest BCUT2D eigenvalue weighted by molar-refractivity contribution is 5.72. The minimum absolute atomic E-state index is 0.0745. The van der Waals surface area contributed by atoms with Gasteiger partial charge < -0.3 is 28.4 Å². The molecule has 0 aliphatic carbocycles. The number of hydrogen-bond donors (Lipinski definition) is 0. The molecule has 0 amide bonds. The molecule has 0 aromatic carbocycles. The maximum Gasteiger partial charge on any atom is 0.306 e. The van der Waals surface area contributed by atoms with E-state index in [2.05, 4.69) is 90.2 Å². The van der Waals surface area contributed by atoms with Crippen molar-refractivity contribution < 1.29 is 57.2 Å². The lowest BCUT2D eigenvalue weighted by molar-refractivity contribution is -0.167. The van der Waals surface area contributed by atoms with E-state index in [1.165, 1.54) is 360 Å². The number of esters is 6. The van der Waals surface area contributed by atoms with Gasteiger partial charge in [-0.1, -0.05) is 450 Å². The molecule has 12 nitrogen and oxygen atoms in total. The minimum atomic E-state index is -0.773. The SMILES string of the molecule is CCCCCCCCC=CCCCCCCCC(=O)OCC(COC(=O)CCCCCCCC=CCCCCCCCC)OC(=O)CCCCCCCCCCCCCCC.CCCCCCCCC=CCCCCCCCC(=O)OCC(COC(=O)CCCCCCCC=CCCCCCCCC)OC(=O)CCCCCCCCCCCCCCC. The van der Waals surface area contributed by atoms with Crippen LogP contribution in [0.15, 0.2) is 48.6 Å². The fourth-order valence-corrected chi connectivity index (χ4v) is 15.7. The molecule has 0 aliphatic rings. The number of carbonyl (C=O) groups is 6. The van der Waals surface area contributed by atoms with E-state index >= 15 is 0 Å². The quantitative estimate of drug-likeness (QED) is 0.0246. The number of unbranched alkanes of at least 4 members (excludes halogenated alkanes) is 68. The molecule has 12 heteroatoms. The van der Waals surface area contributed by atoms with Gasteiger partial charge in [-0.15, -0.1) is 0 Å². The summed E-state index contributed by atoms with van der Waals surface area (Å²) in [5.41, 5.74) is 0. The van der Waals surface area contributed by atoms with Crippen molar-refractivity contribution in [1.29, 1.82) is 0 Å². The van der Waals surface area contributed by atoms with E-state index in [9.17, 15) is 28.8 Å². The van der Waals surface area contributed by atoms with Crippen molar-refractivity contribution in [3.63, 3.8) is 0 Å². The molecule has 0 radical (unpaired) electrons. The van der Waals surface area contributed by atoms with Gasteiger partial charge in [-0.2, -0.15) is 0 Å². The van der Waals surface area contributed by atoms with Gasteiger partial charge in [0.05, 0.1) is 0 Å². The Bertz CT molecular complexity index is 2020. The molecule has 0 N–H and O–H groups in total. The second-order valence-electron chi connectivity index (χ2n) is 36.3. The average Bonchev–Trinajstić information content (AvgIpc) is 0.945. The first-order valence-electron chi connectivity index (χ1n) is 53.7. The summed E-state index contributed by atoms with van der Waals surface area (Å²) >= 11 is 0. The van der Waals surface area contributed by atoms with E-state index in [0.29, 0.717) is 38.5 Å². The lowest BCUT2D eigenvalue weighted by atomic mass is 10.0. The van der Waals surface area contributed by atoms with Gasteiger partial charge in [-0.05, 0) is 141 Å². The van der Waals surface area contributed by atoms with Crippen LogP contribution < -0.4 is 0 Å². The third-order valence-corrected chi connectivity index (χ3v) is 23.9. The van der Waals surface area contributed by atoms with E-state index in [0.717, 1.165) is 141 Å². The van der Waals surface area contributed by atoms with Crippen molar-refractivity contribution in [3.05, 3.63) is 48.6 Å². The Morgan fingerprint density at radius 3 is 0.410 bits per heavy atom. The first-order chi connectivity index (χ1) is 60.1. The standard InChI is InChI=1S/2C55H102O6/c2*1-4-7-10-13-16-19-22-25-27-30-32-35-38-41-44-47-53(56)59-50-52(61-55(58)49-46-43-40-37-34-29-24-21-18-15-12-9-6-3)51-60-54(57)48-45-42-39-36-33-31-28-26-23-20-17-14-11-8-5-2/h2*25-28,52H,4-24,29-51H2,1-3H3. The topological polar surface area (TPSA) is 158 Å². The summed E-state index contributed by atoms with van der Waals surface area (Å²) in [7, 11) is 0. The predicted octanol–water partition coefficient (Wildman–Crippen LogP) is 35.1. The Hall–Kier alpha value is -4.22. The minimum Gasteiger partial charge on any atom is -0.462 e. The van der Waals surface area contributed by atoms with Crippen molar-refractivity contribution in [1.82, 2.24) is 0 Å². The van der Waals surface area contributed by atoms with Gasteiger partial charge >= 0.3 is 35.8 Å². The molecular weight excluding hydrogens is 1510 g/mol. The van der Waals surface area contributed by atoms with Crippen molar-refractivity contribution in [3.8, 4) is 0 Å². The van der Waals surface area contributed by atoms with Gasteiger partial charge in [-0.25, -0.2) is 0 Å². The van der Waals surface area contributed by atoms with E-state index in [1.807, 2.05) is 0 Å². The van der Waals surface area contributed by atoms with Crippen molar-refractivity contribution in [2.45, 2.75) is 593 Å². The largest absolute Gasteiger partial charge is 0.462 e. The Morgan fingerprint density at radius 1 is 0.156 bits per heavy atom. The highest BCUT2D eigenvalue weighted by atomic mass is 16.6. The van der Waals surface area contributed by atoms with Crippen LogP contribution in [0.5, 0.6) is 0 Å². The zero-order valence-corrected chi connectivity index (χ0v) is 81.9. The van der Waals surface area contributed by atoms with Crippen LogP contribution in [0.4, 0.5) is 0 Å². The summed E-state index contributed by atoms with van der Waals surface area (Å²) in [6.45, 7) is 13.3. The molecule has 716 valence electrons. The van der Waals surface area contributed by atoms with E-state index in [1.54, 1.807) is 0 Å². The van der Waals surface area contributed by atoms with Crippen LogP contribution in [0.1, 0.15) is 581 Å². The summed E-state index contributed by atoms with van der Waals surface area (Å²) in [5.74, 6) is -1.75. The lowest BCUT2D eigenvalue weighted by Gasteiger charge is -2.18. The zero-order valence-electron chi connectivity index (χ0n) is 81.9. The van der Waals surface area contributed by atoms with Crippen LogP contribution in [0.2, 0.25) is 0 Å². The first-order valence-corrected chi connectivity index (χ1v) is 53.7. The normalized spacial score (nSPS) is 12.1. The number of hydrogen-bond acceptors (Lipinski definition) is 12. The summed E-state index contributed by atoms with van der Waals surface area (Å²) in [4.78, 5) is 76.0. The molecule has 0 aromatic heterocycles. The fraction of sp³-hybridized carbons (Fsp3) is 0.873. The summed E-state index contributed by atoms with van der Waals surface area (Å²) < 4.78 is 33.6. The van der Waals surface area contributed by atoms with Gasteiger partial charge in [0.15, 0.2) is 12.2 Å². The van der Waals surface area contributed by atoms with Crippen LogP contribution >= 0.6 is 0 Å². The molecule has 0 saturated carbocycles. The van der Waals surface area contributed by atoms with Crippen LogP contribution in [0.3, 0.4) is 0 Å². The summed E-state index contributed by atoms with van der Waals surface area (Å²) in [6.07, 6.45) is 115. The van der Waals surface area contributed by atoms with Crippen molar-refractivity contribution in [2.75, 3.05) is 26.4 Å². The van der Waals surface area contributed by atoms with Gasteiger partial charge in [0, 0.05) is 38.5 Å². The summed E-state index contributed by atoms with van der Waals surface area (Å²) in [5, 5.41) is 0. The average molecular weight is 1720 g/mol. The van der Waals surface area contributed by atoms with Crippen LogP contribution in [-0.4, -0.2) is 74.5 Å². The molecule has 0 unspecified atom stereocenters. The Labute approximate surface area is 756 Å². The third kappa shape index (κ3) is 103. The fourth-order valence-electron chi connectivity index (χ4n) is 15.7. The number of allylic oxidation sites excluding steroid dienone is 8. The van der Waals surface area contributed by atoms with Gasteiger partial charge in [-0.3, -0.25) is 28.8 Å². The molecule has 122 heavy (non-hydrogen) atoms. The number of rotatable bonds is 98. The van der Waals surface area contributed by atoms with E-state index < -0.39 is 12.2 Å². The highest BCUT2D eigenvalue weighted by Crippen LogP contribution is 2.21. The second-order valence-corrected chi connectivity index (χ2v) is 36.3. The Morgan fingerprint density at radius 2 is 0.270 bits per heavy atom. The van der Waals surface area contributed by atoms with Crippen molar-refractivity contribution in [2.24, 2.45) is 0 Å². The Balaban J connectivity index is 0. The van der Waals surface area contributed by atoms with Gasteiger partial charge in [0.1, 0.15) is 26.4 Å². The molecule has 0 aromatic rings. The molecule has 0 bridgehead atoms. The summed E-state index contributed by atoms with van der Waals surface area (Å²) in [6, 6.07) is 0. The Kier molecular flexibility index (Phi) is 104. The number of carbonyl (C=O) groups excluding carboxylic acids is 6. The van der Waals surface area contributed by atoms with Crippen LogP contribution in [0.25, 0.3) is 0 Å². The maximum absolute atomic E-state index is 12.8. The lowest BCUT2D eigenvalue weighted by Crippen LogP contribution is -2.30. The van der Waals surface area contributed by atoms with E-state index in [-0.39, 0.29) is 62.2 Å².